The highest BCUT2D eigenvalue weighted by Gasteiger charge is 2.50. The first-order valence-corrected chi connectivity index (χ1v) is 52.8. The van der Waals surface area contributed by atoms with Crippen molar-refractivity contribution in [2.75, 3.05) is 27.7 Å². The molecule has 0 radical (unpaired) electrons. The van der Waals surface area contributed by atoms with E-state index in [0.29, 0.717) is 5.54 Å². The number of piperidine rings is 1. The van der Waals surface area contributed by atoms with Gasteiger partial charge in [0.1, 0.15) is 0 Å². The van der Waals surface area contributed by atoms with E-state index in [4.69, 9.17) is 9.90 Å². The fourth-order valence-electron chi connectivity index (χ4n) is 18.9. The Morgan fingerprint density at radius 2 is 0.565 bits per heavy atom. The van der Waals surface area contributed by atoms with Crippen molar-refractivity contribution in [3.05, 3.63) is 336 Å². The van der Waals surface area contributed by atoms with Crippen LogP contribution in [-0.4, -0.2) is 67.1 Å². The molecule has 5 nitrogen and oxygen atoms in total. The lowest BCUT2D eigenvalue weighted by Crippen LogP contribution is -3.61. The molecule has 11 aromatic rings. The van der Waals surface area contributed by atoms with Crippen LogP contribution in [0.3, 0.4) is 0 Å². The zero-order chi connectivity index (χ0) is 88.8. The van der Waals surface area contributed by atoms with Gasteiger partial charge in [0.2, 0.25) is 0 Å². The number of carbonyl (C=O) groups is 1. The minimum atomic E-state index is -1.08. The highest BCUT2D eigenvalue weighted by atomic mass is 127. The molecule has 9 heteroatoms. The Kier molecular flexibility index (Phi) is 43.2. The van der Waals surface area contributed by atoms with Gasteiger partial charge in [-0.05, 0) is 344 Å². The predicted molar refractivity (Wildman–Crippen MR) is 530 cm³/mol. The second-order valence-corrected chi connectivity index (χ2v) is 44.5. The van der Waals surface area contributed by atoms with Crippen LogP contribution in [0.1, 0.15) is 226 Å². The van der Waals surface area contributed by atoms with Crippen LogP contribution < -0.4 is 31.6 Å². The van der Waals surface area contributed by atoms with Crippen LogP contribution in [0.25, 0.3) is 0 Å². The average Bonchev–Trinajstić information content (AvgIpc) is 0.757. The minimum absolute atomic E-state index is 0.0287. The first kappa shape index (κ1) is 100. The molecule has 660 valence electrons. The number of carboxylic acid groups (broad SMARTS) is 1. The topological polar surface area (TPSA) is 58.6 Å². The van der Waals surface area contributed by atoms with Gasteiger partial charge in [0.25, 0.3) is 0 Å². The van der Waals surface area contributed by atoms with Gasteiger partial charge < -0.3 is 25.0 Å². The van der Waals surface area contributed by atoms with E-state index in [1.54, 1.807) is 19.3 Å². The van der Waals surface area contributed by atoms with Crippen molar-refractivity contribution in [1.82, 2.24) is 15.1 Å². The van der Waals surface area contributed by atoms with Crippen molar-refractivity contribution < 1.29 is 31.1 Å². The molecular formula is C115H151IN3O2S3+3. The molecule has 8 fully saturated rings. The van der Waals surface area contributed by atoms with E-state index in [0.717, 1.165) is 48.7 Å². The van der Waals surface area contributed by atoms with E-state index >= 15 is 0 Å². The Balaban J connectivity index is 0.000000164. The fourth-order valence-corrected chi connectivity index (χ4v) is 27.3. The number of halogens is 1. The molecule has 1 aliphatic heterocycles. The average molecular weight is 1830 g/mol. The number of hydrogen-bond donors (Lipinski definition) is 1. The number of nitrogens with zero attached hydrogens (tertiary/aromatic N) is 2. The summed E-state index contributed by atoms with van der Waals surface area (Å²) in [4.78, 5) is 26.6. The SMILES string of the molecule is CC.CC.CC(=O)[O-].CN(C1CCCCC1)C1CCCCC1.CN1CCCC2CCCCC21.CNC12CC3CC(CC(C3)C1)C2.Cc1ccc([S+](c2ccc(C)cc2)c2ccc(C)cc2)cc1.Cc1ccc([S+](c2ccc(C)cc2)c2ccc(C)cc2)cc1.Cc1ccc([S+](c2ccc(C)cc2)c2ccc(C)cc2)cc1.c1ccc([I+]c2ccccc2)cc1. The molecule has 2 atom stereocenters. The Hall–Kier alpha value is -7.45. The summed E-state index contributed by atoms with van der Waals surface area (Å²) in [6.45, 7) is 29.6. The van der Waals surface area contributed by atoms with E-state index in [1.807, 2.05) is 27.7 Å². The number of benzene rings is 11. The Morgan fingerprint density at radius 1 is 0.347 bits per heavy atom. The predicted octanol–water partition coefficient (Wildman–Crippen LogP) is 25.8. The smallest absolute Gasteiger partial charge is 0.357 e. The number of carbonyl (C=O) groups excluding carboxylic acids is 1. The molecule has 7 aliphatic carbocycles. The van der Waals surface area contributed by atoms with E-state index < -0.39 is 5.97 Å². The highest BCUT2D eigenvalue weighted by Crippen LogP contribution is 2.55. The monoisotopic (exact) mass is 1830 g/mol. The van der Waals surface area contributed by atoms with Crippen molar-refractivity contribution in [3.8, 4) is 0 Å². The molecule has 0 aromatic heterocycles. The molecule has 0 spiro atoms. The summed E-state index contributed by atoms with van der Waals surface area (Å²) in [5.41, 5.74) is 12.3. The van der Waals surface area contributed by atoms with Crippen molar-refractivity contribution in [3.63, 3.8) is 0 Å². The lowest BCUT2D eigenvalue weighted by molar-refractivity contribution is -0.597. The zero-order valence-corrected chi connectivity index (χ0v) is 83.3. The molecule has 19 rings (SSSR count). The number of carboxylic acids is 1. The minimum Gasteiger partial charge on any atom is -0.550 e. The van der Waals surface area contributed by atoms with Gasteiger partial charge in [-0.2, -0.15) is 0 Å². The number of aryl methyl sites for hydroxylation is 9. The summed E-state index contributed by atoms with van der Waals surface area (Å²) < 4.78 is 2.96. The standard InChI is InChI=1S/3C21H21S.C13H25N.C12H10I.C11H19N.C10H19N.C2H4O2.2C2H6/c3*1-16-4-10-19(11-5-16)22(20-12-6-17(2)7-13-20)21-14-8-18(3)9-15-21;1-14(12-8-4-2-5-9-12)13-10-6-3-7-11-13;1-3-7-11(8-4-1)13-12-9-5-2-6-10-12;1-12-11-5-8-2-9(6-11)4-10(3-8)7-11;1-11-8-4-6-9-5-2-3-7-10(9)11;1-2(3)4;2*1-2/h3*4-15H,1-3H3;12-13H,2-11H2,1H3;1-10H;8-10,12H,2-7H2,1H3;9-10H,2-8H2,1H3;1H3,(H,3,4);2*1-2H3/q3*+1;;+1;;;;;/p-1. The number of likely N-dealkylation sites (tertiary alicyclic amines) is 1. The molecule has 7 saturated carbocycles. The first-order valence-electron chi connectivity index (χ1n) is 47.0. The van der Waals surface area contributed by atoms with Crippen molar-refractivity contribution >= 4 is 38.7 Å². The normalized spacial score (nSPS) is 19.2. The van der Waals surface area contributed by atoms with Gasteiger partial charge in [0.15, 0.2) is 51.2 Å². The van der Waals surface area contributed by atoms with Gasteiger partial charge in [-0.25, -0.2) is 0 Å². The molecule has 1 heterocycles. The number of aliphatic carboxylic acids is 1. The second kappa shape index (κ2) is 53.4. The molecule has 0 amide bonds. The number of fused-ring (bicyclic) bond motifs is 1. The van der Waals surface area contributed by atoms with E-state index in [1.165, 1.54) is 230 Å². The maximum atomic E-state index is 8.89. The maximum Gasteiger partial charge on any atom is 0.357 e. The van der Waals surface area contributed by atoms with Crippen LogP contribution in [0.15, 0.2) is 323 Å². The molecule has 124 heavy (non-hydrogen) atoms. The Morgan fingerprint density at radius 3 is 0.790 bits per heavy atom. The largest absolute Gasteiger partial charge is 0.550 e. The van der Waals surface area contributed by atoms with Gasteiger partial charge in [0, 0.05) is 29.6 Å². The quantitative estimate of drug-likeness (QED) is 0.0868. The van der Waals surface area contributed by atoms with Crippen LogP contribution in [-0.2, 0) is 37.5 Å². The summed E-state index contributed by atoms with van der Waals surface area (Å²) in [5, 5.41) is 12.5. The maximum absolute atomic E-state index is 8.89. The second-order valence-electron chi connectivity index (χ2n) is 35.3. The summed E-state index contributed by atoms with van der Waals surface area (Å²) in [6.07, 6.45) is 32.7. The molecule has 4 bridgehead atoms. The van der Waals surface area contributed by atoms with Gasteiger partial charge >= 0.3 is 21.2 Å². The van der Waals surface area contributed by atoms with Crippen LogP contribution in [0.4, 0.5) is 0 Å². The van der Waals surface area contributed by atoms with E-state index in [9.17, 15) is 0 Å². The third kappa shape index (κ3) is 32.4. The zero-order valence-electron chi connectivity index (χ0n) is 78.7. The van der Waals surface area contributed by atoms with Crippen LogP contribution in [0, 0.1) is 93.1 Å². The van der Waals surface area contributed by atoms with Crippen LogP contribution in [0.2, 0.25) is 0 Å². The van der Waals surface area contributed by atoms with Gasteiger partial charge in [-0.15, -0.1) is 0 Å². The molecule has 8 aliphatic rings. The van der Waals surface area contributed by atoms with Crippen LogP contribution in [0.5, 0.6) is 0 Å². The summed E-state index contributed by atoms with van der Waals surface area (Å²) in [5.74, 6) is 3.23. The third-order valence-electron chi connectivity index (χ3n) is 25.4. The molecule has 1 saturated heterocycles. The third-order valence-corrected chi connectivity index (χ3v) is 34.8. The number of rotatable bonds is 14. The van der Waals surface area contributed by atoms with Crippen molar-refractivity contribution in [1.29, 1.82) is 0 Å². The summed E-state index contributed by atoms with van der Waals surface area (Å²) in [7, 11) is 6.74. The van der Waals surface area contributed by atoms with Gasteiger partial charge in [0.05, 0.1) is 32.7 Å². The molecule has 2 unspecified atom stereocenters. The fraction of sp³-hybridized carbons (Fsp3) is 0.417. The number of hydrogen-bond acceptors (Lipinski definition) is 5. The summed E-state index contributed by atoms with van der Waals surface area (Å²) in [6, 6.07) is 105. The Bertz CT molecular complexity index is 4000. The first-order chi connectivity index (χ1) is 60.1. The van der Waals surface area contributed by atoms with Gasteiger partial charge in [-0.3, -0.25) is 0 Å². The lowest BCUT2D eigenvalue weighted by atomic mass is 9.53. The van der Waals surface area contributed by atoms with E-state index in [2.05, 4.69) is 378 Å². The molecule has 1 N–H and O–H groups in total. The van der Waals surface area contributed by atoms with E-state index in [-0.39, 0.29) is 53.9 Å². The molecule has 11 aromatic carbocycles. The highest BCUT2D eigenvalue weighted by molar-refractivity contribution is 7.97. The lowest BCUT2D eigenvalue weighted by Gasteiger charge is -2.56. The van der Waals surface area contributed by atoms with Crippen molar-refractivity contribution in [2.45, 2.75) is 306 Å². The Labute approximate surface area is 772 Å². The number of nitrogens with one attached hydrogen (secondary N) is 1. The van der Waals surface area contributed by atoms with Crippen molar-refractivity contribution in [2.24, 2.45) is 23.7 Å². The van der Waals surface area contributed by atoms with Crippen LogP contribution >= 0.6 is 0 Å². The molecular weight excluding hydrogens is 1680 g/mol. The summed E-state index contributed by atoms with van der Waals surface area (Å²) >= 11 is 0.0287. The van der Waals surface area contributed by atoms with Gasteiger partial charge in [-0.1, -0.05) is 275 Å².